The Morgan fingerprint density at radius 1 is 1.11 bits per heavy atom. The van der Waals surface area contributed by atoms with Crippen LogP contribution in [-0.4, -0.2) is 28.8 Å². The second kappa shape index (κ2) is 7.13. The summed E-state index contributed by atoms with van der Waals surface area (Å²) in [7, 11) is 3.15. The van der Waals surface area contributed by atoms with Crippen LogP contribution in [0, 0.1) is 0 Å². The summed E-state index contributed by atoms with van der Waals surface area (Å²) in [6.07, 6.45) is 1.77. The zero-order chi connectivity index (χ0) is 19.0. The quantitative estimate of drug-likeness (QED) is 0.484. The van der Waals surface area contributed by atoms with Gasteiger partial charge in [-0.15, -0.1) is 5.10 Å². The molecular formula is C19H14BrN3O3S. The van der Waals surface area contributed by atoms with Crippen molar-refractivity contribution in [3.8, 4) is 22.9 Å². The highest BCUT2D eigenvalue weighted by Crippen LogP contribution is 2.31. The van der Waals surface area contributed by atoms with Crippen LogP contribution in [0.2, 0.25) is 0 Å². The van der Waals surface area contributed by atoms with Gasteiger partial charge in [0.25, 0.3) is 5.56 Å². The van der Waals surface area contributed by atoms with Gasteiger partial charge in [0.1, 0.15) is 0 Å². The molecule has 0 aliphatic carbocycles. The third-order valence-electron chi connectivity index (χ3n) is 4.00. The monoisotopic (exact) mass is 443 g/mol. The Kier molecular flexibility index (Phi) is 4.67. The number of hydrogen-bond donors (Lipinski definition) is 0. The third kappa shape index (κ3) is 3.22. The number of hydrogen-bond acceptors (Lipinski definition) is 6. The van der Waals surface area contributed by atoms with Crippen LogP contribution >= 0.6 is 27.3 Å². The van der Waals surface area contributed by atoms with E-state index in [4.69, 9.17) is 9.47 Å². The SMILES string of the molecule is COc1cccc(/C=c2\sc3nc(-c4ccc(Br)cc4)nn3c2=O)c1OC. The molecule has 8 heteroatoms. The number of ether oxygens (including phenoxy) is 2. The summed E-state index contributed by atoms with van der Waals surface area (Å²) in [5.74, 6) is 1.71. The fourth-order valence-electron chi connectivity index (χ4n) is 2.72. The van der Waals surface area contributed by atoms with E-state index in [-0.39, 0.29) is 5.56 Å². The molecule has 0 saturated heterocycles. The van der Waals surface area contributed by atoms with Crippen molar-refractivity contribution in [1.82, 2.24) is 14.6 Å². The van der Waals surface area contributed by atoms with Gasteiger partial charge >= 0.3 is 0 Å². The molecule has 0 unspecified atom stereocenters. The predicted octanol–water partition coefficient (Wildman–Crippen LogP) is 3.15. The van der Waals surface area contributed by atoms with Gasteiger partial charge in [0.2, 0.25) is 4.96 Å². The van der Waals surface area contributed by atoms with Crippen LogP contribution in [0.3, 0.4) is 0 Å². The van der Waals surface area contributed by atoms with E-state index in [0.29, 0.717) is 26.8 Å². The number of fused-ring (bicyclic) bond motifs is 1. The molecular weight excluding hydrogens is 430 g/mol. The van der Waals surface area contributed by atoms with E-state index in [1.54, 1.807) is 20.3 Å². The predicted molar refractivity (Wildman–Crippen MR) is 109 cm³/mol. The molecule has 0 saturated carbocycles. The van der Waals surface area contributed by atoms with Gasteiger partial charge in [0.05, 0.1) is 18.8 Å². The van der Waals surface area contributed by atoms with Crippen molar-refractivity contribution >= 4 is 38.3 Å². The van der Waals surface area contributed by atoms with Crippen molar-refractivity contribution < 1.29 is 9.47 Å². The normalized spacial score (nSPS) is 11.9. The fourth-order valence-corrected chi connectivity index (χ4v) is 3.88. The molecule has 136 valence electrons. The minimum atomic E-state index is -0.212. The molecule has 0 amide bonds. The van der Waals surface area contributed by atoms with E-state index in [1.807, 2.05) is 42.5 Å². The summed E-state index contributed by atoms with van der Waals surface area (Å²) in [6.45, 7) is 0. The molecule has 2 aromatic heterocycles. The molecule has 0 N–H and O–H groups in total. The summed E-state index contributed by atoms with van der Waals surface area (Å²) in [5, 5.41) is 4.36. The standard InChI is InChI=1S/C19H14BrN3O3S/c1-25-14-5-3-4-12(16(14)26-2)10-15-18(24)23-19(27-15)21-17(22-23)11-6-8-13(20)9-7-11/h3-10H,1-2H3/b15-10-. The van der Waals surface area contributed by atoms with Crippen LogP contribution in [0.4, 0.5) is 0 Å². The Balaban J connectivity index is 1.82. The second-order valence-corrected chi connectivity index (χ2v) is 7.56. The topological polar surface area (TPSA) is 65.7 Å². The maximum Gasteiger partial charge on any atom is 0.291 e. The smallest absolute Gasteiger partial charge is 0.291 e. The van der Waals surface area contributed by atoms with Crippen molar-refractivity contribution in [3.63, 3.8) is 0 Å². The van der Waals surface area contributed by atoms with Crippen LogP contribution < -0.4 is 19.6 Å². The second-order valence-electron chi connectivity index (χ2n) is 5.64. The number of para-hydroxylation sites is 1. The Labute approximate surface area is 166 Å². The van der Waals surface area contributed by atoms with Gasteiger partial charge in [-0.1, -0.05) is 51.5 Å². The molecule has 2 aromatic carbocycles. The van der Waals surface area contributed by atoms with Crippen molar-refractivity contribution in [2.45, 2.75) is 0 Å². The number of benzene rings is 2. The highest BCUT2D eigenvalue weighted by atomic mass is 79.9. The van der Waals surface area contributed by atoms with Crippen LogP contribution in [-0.2, 0) is 0 Å². The van der Waals surface area contributed by atoms with Crippen molar-refractivity contribution in [1.29, 1.82) is 0 Å². The van der Waals surface area contributed by atoms with Gasteiger partial charge in [-0.2, -0.15) is 9.50 Å². The van der Waals surface area contributed by atoms with E-state index in [9.17, 15) is 4.79 Å². The Bertz CT molecular complexity index is 1230. The van der Waals surface area contributed by atoms with Gasteiger partial charge in [-0.05, 0) is 24.3 Å². The number of aromatic nitrogens is 3. The highest BCUT2D eigenvalue weighted by molar-refractivity contribution is 9.10. The van der Waals surface area contributed by atoms with Crippen molar-refractivity contribution in [2.75, 3.05) is 14.2 Å². The Morgan fingerprint density at radius 2 is 1.89 bits per heavy atom. The van der Waals surface area contributed by atoms with E-state index in [1.165, 1.54) is 15.9 Å². The molecule has 0 spiro atoms. The zero-order valence-corrected chi connectivity index (χ0v) is 16.9. The van der Waals surface area contributed by atoms with Gasteiger partial charge in [0.15, 0.2) is 17.3 Å². The van der Waals surface area contributed by atoms with Gasteiger partial charge in [0, 0.05) is 15.6 Å². The average Bonchev–Trinajstić information content (AvgIpc) is 3.22. The first kappa shape index (κ1) is 17.7. The fraction of sp³-hybridized carbons (Fsp3) is 0.105. The number of methoxy groups -OCH3 is 2. The first-order chi connectivity index (χ1) is 13.1. The molecule has 0 atom stereocenters. The number of rotatable bonds is 4. The summed E-state index contributed by atoms with van der Waals surface area (Å²) in [4.78, 5) is 17.8. The lowest BCUT2D eigenvalue weighted by molar-refractivity contribution is 0.354. The molecule has 0 bridgehead atoms. The number of halogens is 1. The lowest BCUT2D eigenvalue weighted by Gasteiger charge is -2.09. The van der Waals surface area contributed by atoms with Gasteiger partial charge < -0.3 is 9.47 Å². The van der Waals surface area contributed by atoms with Crippen molar-refractivity contribution in [3.05, 3.63) is 67.4 Å². The molecule has 4 aromatic rings. The average molecular weight is 444 g/mol. The maximum atomic E-state index is 12.7. The van der Waals surface area contributed by atoms with Gasteiger partial charge in [-0.25, -0.2) is 0 Å². The van der Waals surface area contributed by atoms with Crippen LogP contribution in [0.25, 0.3) is 22.4 Å². The molecule has 0 aliphatic rings. The molecule has 27 heavy (non-hydrogen) atoms. The molecule has 2 heterocycles. The summed E-state index contributed by atoms with van der Waals surface area (Å²) >= 11 is 4.69. The Hall–Kier alpha value is -2.71. The van der Waals surface area contributed by atoms with E-state index in [2.05, 4.69) is 26.0 Å². The summed E-state index contributed by atoms with van der Waals surface area (Å²) in [5.41, 5.74) is 1.40. The lowest BCUT2D eigenvalue weighted by Crippen LogP contribution is -2.23. The highest BCUT2D eigenvalue weighted by Gasteiger charge is 2.13. The van der Waals surface area contributed by atoms with Gasteiger partial charge in [-0.3, -0.25) is 4.79 Å². The lowest BCUT2D eigenvalue weighted by atomic mass is 10.2. The minimum absolute atomic E-state index is 0.212. The number of nitrogens with zero attached hydrogens (tertiary/aromatic N) is 3. The summed E-state index contributed by atoms with van der Waals surface area (Å²) in [6, 6.07) is 13.2. The summed E-state index contributed by atoms with van der Waals surface area (Å²) < 4.78 is 13.6. The van der Waals surface area contributed by atoms with E-state index >= 15 is 0 Å². The van der Waals surface area contributed by atoms with Crippen LogP contribution in [0.1, 0.15) is 5.56 Å². The van der Waals surface area contributed by atoms with E-state index in [0.717, 1.165) is 15.6 Å². The maximum absolute atomic E-state index is 12.7. The van der Waals surface area contributed by atoms with E-state index < -0.39 is 0 Å². The van der Waals surface area contributed by atoms with Crippen LogP contribution in [0.15, 0.2) is 51.7 Å². The Morgan fingerprint density at radius 3 is 2.56 bits per heavy atom. The minimum Gasteiger partial charge on any atom is -0.493 e. The number of thiazole rings is 1. The first-order valence-electron chi connectivity index (χ1n) is 7.99. The molecule has 0 fully saturated rings. The zero-order valence-electron chi connectivity index (χ0n) is 14.5. The first-order valence-corrected chi connectivity index (χ1v) is 9.60. The van der Waals surface area contributed by atoms with Crippen LogP contribution in [0.5, 0.6) is 11.5 Å². The molecule has 0 radical (unpaired) electrons. The molecule has 4 rings (SSSR count). The van der Waals surface area contributed by atoms with Crippen molar-refractivity contribution in [2.24, 2.45) is 0 Å². The molecule has 6 nitrogen and oxygen atoms in total. The molecule has 0 aliphatic heterocycles. The largest absolute Gasteiger partial charge is 0.493 e. The third-order valence-corrected chi connectivity index (χ3v) is 5.49.